The van der Waals surface area contributed by atoms with Gasteiger partial charge in [0.05, 0.1) is 0 Å². The first kappa shape index (κ1) is 20.3. The van der Waals surface area contributed by atoms with Gasteiger partial charge < -0.3 is 19.7 Å². The summed E-state index contributed by atoms with van der Waals surface area (Å²) in [6, 6.07) is 10.7. The van der Waals surface area contributed by atoms with Crippen LogP contribution in [0.4, 0.5) is 5.69 Å². The molecule has 0 radical (unpaired) electrons. The average molecular weight is 397 g/mol. The molecule has 2 aromatic carbocycles. The van der Waals surface area contributed by atoms with E-state index in [1.54, 1.807) is 12.1 Å². The lowest BCUT2D eigenvalue weighted by molar-refractivity contribution is -0.139. The van der Waals surface area contributed by atoms with Gasteiger partial charge in [-0.15, -0.1) is 0 Å². The van der Waals surface area contributed by atoms with Crippen LogP contribution in [0.5, 0.6) is 5.75 Å². The first-order chi connectivity index (χ1) is 14.1. The van der Waals surface area contributed by atoms with Crippen molar-refractivity contribution < 1.29 is 24.0 Å². The Morgan fingerprint density at radius 2 is 1.93 bits per heavy atom. The normalized spacial score (nSPS) is 10.8. The van der Waals surface area contributed by atoms with Gasteiger partial charge in [-0.05, 0) is 25.0 Å². The summed E-state index contributed by atoms with van der Waals surface area (Å²) in [5, 5.41) is 17.2. The largest absolute Gasteiger partial charge is 0.481 e. The number of fused-ring (bicyclic) bond motifs is 1. The van der Waals surface area contributed by atoms with Crippen LogP contribution in [0.15, 0.2) is 40.9 Å². The molecule has 0 atom stereocenters. The summed E-state index contributed by atoms with van der Waals surface area (Å²) in [7, 11) is 0. The van der Waals surface area contributed by atoms with Crippen LogP contribution in [0.1, 0.15) is 37.9 Å². The van der Waals surface area contributed by atoms with Gasteiger partial charge in [0, 0.05) is 35.7 Å². The van der Waals surface area contributed by atoms with Crippen molar-refractivity contribution in [3.05, 3.63) is 48.1 Å². The zero-order valence-corrected chi connectivity index (χ0v) is 16.2. The fraction of sp³-hybridized carbons (Fsp3) is 0.333. The van der Waals surface area contributed by atoms with Gasteiger partial charge in [0.2, 0.25) is 11.8 Å². The number of hydrogen-bond acceptors (Lipinski definition) is 6. The van der Waals surface area contributed by atoms with E-state index in [9.17, 15) is 9.59 Å². The average Bonchev–Trinajstić information content (AvgIpc) is 3.15. The number of carbonyl (C=O) groups excluding carboxylic acids is 1. The van der Waals surface area contributed by atoms with Crippen molar-refractivity contribution in [2.75, 3.05) is 11.9 Å². The number of carbonyl (C=O) groups is 2. The van der Waals surface area contributed by atoms with Crippen LogP contribution in [0, 0.1) is 0 Å². The molecule has 0 aliphatic heterocycles. The Kier molecular flexibility index (Phi) is 6.78. The molecule has 3 aromatic rings. The maximum atomic E-state index is 12.4. The number of rotatable bonds is 10. The molecule has 8 heteroatoms. The third-order valence-corrected chi connectivity index (χ3v) is 4.29. The number of ether oxygens (including phenoxy) is 1. The number of nitrogens with one attached hydrogen (secondary N) is 1. The molecule has 1 heterocycles. The number of benzene rings is 2. The molecule has 8 nitrogen and oxygen atoms in total. The molecule has 1 aromatic heterocycles. The lowest BCUT2D eigenvalue weighted by atomic mass is 10.1. The standard InChI is InChI=1S/C21H23N3O5/c1-2-6-18-23-20(29-24-18)10-5-9-19(25)22-16-11-12-17(28-13-21(26)27)15-8-4-3-7-14(15)16/h3-4,7-8,11-12H,2,5-6,9-10,13H2,1H3,(H,22,25)(H,26,27). The van der Waals surface area contributed by atoms with E-state index >= 15 is 0 Å². The van der Waals surface area contributed by atoms with E-state index < -0.39 is 12.6 Å². The van der Waals surface area contributed by atoms with E-state index in [4.69, 9.17) is 14.4 Å². The van der Waals surface area contributed by atoms with E-state index in [-0.39, 0.29) is 5.91 Å². The molecule has 0 aliphatic rings. The number of hydrogen-bond donors (Lipinski definition) is 2. The van der Waals surface area contributed by atoms with Crippen LogP contribution in [0.25, 0.3) is 10.8 Å². The lowest BCUT2D eigenvalue weighted by Gasteiger charge is -2.12. The second-order valence-electron chi connectivity index (χ2n) is 6.60. The van der Waals surface area contributed by atoms with Crippen molar-refractivity contribution in [2.24, 2.45) is 0 Å². The second kappa shape index (κ2) is 9.68. The predicted octanol–water partition coefficient (Wildman–Crippen LogP) is 3.60. The monoisotopic (exact) mass is 397 g/mol. The second-order valence-corrected chi connectivity index (χ2v) is 6.60. The van der Waals surface area contributed by atoms with Crippen molar-refractivity contribution in [3.63, 3.8) is 0 Å². The van der Waals surface area contributed by atoms with Gasteiger partial charge in [0.25, 0.3) is 0 Å². The number of aliphatic carboxylic acids is 1. The summed E-state index contributed by atoms with van der Waals surface area (Å²) in [4.78, 5) is 27.4. The van der Waals surface area contributed by atoms with E-state index in [0.717, 1.165) is 23.6 Å². The lowest BCUT2D eigenvalue weighted by Crippen LogP contribution is -2.12. The van der Waals surface area contributed by atoms with Gasteiger partial charge in [0.15, 0.2) is 12.4 Å². The smallest absolute Gasteiger partial charge is 0.341 e. The Hall–Kier alpha value is -3.42. The molecular weight excluding hydrogens is 374 g/mol. The van der Waals surface area contributed by atoms with Crippen molar-refractivity contribution in [2.45, 2.75) is 39.0 Å². The molecular formula is C21H23N3O5. The number of carboxylic acid groups (broad SMARTS) is 1. The maximum Gasteiger partial charge on any atom is 0.341 e. The molecule has 29 heavy (non-hydrogen) atoms. The topological polar surface area (TPSA) is 115 Å². The van der Waals surface area contributed by atoms with Crippen LogP contribution < -0.4 is 10.1 Å². The molecule has 1 amide bonds. The van der Waals surface area contributed by atoms with Crippen LogP contribution in [0.2, 0.25) is 0 Å². The SMILES string of the molecule is CCCc1noc(CCCC(=O)Nc2ccc(OCC(=O)O)c3ccccc23)n1. The highest BCUT2D eigenvalue weighted by Crippen LogP contribution is 2.31. The van der Waals surface area contributed by atoms with Crippen LogP contribution in [-0.4, -0.2) is 33.7 Å². The fourth-order valence-electron chi connectivity index (χ4n) is 2.98. The molecule has 0 fully saturated rings. The molecule has 152 valence electrons. The molecule has 0 bridgehead atoms. The molecule has 0 aliphatic carbocycles. The number of amides is 1. The highest BCUT2D eigenvalue weighted by Gasteiger charge is 2.12. The van der Waals surface area contributed by atoms with Crippen molar-refractivity contribution in [1.82, 2.24) is 10.1 Å². The molecule has 0 unspecified atom stereocenters. The highest BCUT2D eigenvalue weighted by molar-refractivity contribution is 6.04. The molecule has 0 spiro atoms. The summed E-state index contributed by atoms with van der Waals surface area (Å²) < 4.78 is 10.5. The summed E-state index contributed by atoms with van der Waals surface area (Å²) in [6.45, 7) is 1.63. The Labute approximate surface area is 167 Å². The van der Waals surface area contributed by atoms with E-state index in [2.05, 4.69) is 22.4 Å². The van der Waals surface area contributed by atoms with Crippen molar-refractivity contribution in [1.29, 1.82) is 0 Å². The van der Waals surface area contributed by atoms with Crippen LogP contribution in [0.3, 0.4) is 0 Å². The molecule has 3 rings (SSSR count). The first-order valence-corrected chi connectivity index (χ1v) is 9.54. The third kappa shape index (κ3) is 5.54. The Morgan fingerprint density at radius 3 is 2.69 bits per heavy atom. The van der Waals surface area contributed by atoms with E-state index in [1.165, 1.54) is 0 Å². The van der Waals surface area contributed by atoms with Crippen molar-refractivity contribution in [3.8, 4) is 5.75 Å². The molecule has 0 saturated heterocycles. The minimum absolute atomic E-state index is 0.123. The number of nitrogens with zero attached hydrogens (tertiary/aromatic N) is 2. The fourth-order valence-corrected chi connectivity index (χ4v) is 2.98. The van der Waals surface area contributed by atoms with Gasteiger partial charge in [-0.1, -0.05) is 36.3 Å². The first-order valence-electron chi connectivity index (χ1n) is 9.54. The Bertz CT molecular complexity index is 999. The summed E-state index contributed by atoms with van der Waals surface area (Å²) in [5.41, 5.74) is 0.649. The van der Waals surface area contributed by atoms with Crippen LogP contribution >= 0.6 is 0 Å². The predicted molar refractivity (Wildman–Crippen MR) is 107 cm³/mol. The molecule has 2 N–H and O–H groups in total. The number of anilines is 1. The van der Waals surface area contributed by atoms with E-state index in [1.807, 2.05) is 24.3 Å². The van der Waals surface area contributed by atoms with Gasteiger partial charge in [-0.25, -0.2) is 4.79 Å². The van der Waals surface area contributed by atoms with E-state index in [0.29, 0.717) is 42.4 Å². The van der Waals surface area contributed by atoms with Gasteiger partial charge in [0.1, 0.15) is 5.75 Å². The number of aromatic nitrogens is 2. The summed E-state index contributed by atoms with van der Waals surface area (Å²) >= 11 is 0. The Balaban J connectivity index is 1.61. The minimum atomic E-state index is -1.05. The van der Waals surface area contributed by atoms with Gasteiger partial charge >= 0.3 is 5.97 Å². The molecule has 0 saturated carbocycles. The zero-order valence-electron chi connectivity index (χ0n) is 16.2. The quantitative estimate of drug-likeness (QED) is 0.537. The zero-order chi connectivity index (χ0) is 20.6. The summed E-state index contributed by atoms with van der Waals surface area (Å²) in [6.07, 6.45) is 3.19. The Morgan fingerprint density at radius 1 is 1.14 bits per heavy atom. The highest BCUT2D eigenvalue weighted by atomic mass is 16.5. The summed E-state index contributed by atoms with van der Waals surface area (Å²) in [5.74, 6) is 0.535. The maximum absolute atomic E-state index is 12.4. The van der Waals surface area contributed by atoms with Crippen molar-refractivity contribution >= 4 is 28.3 Å². The van der Waals surface area contributed by atoms with Gasteiger partial charge in [-0.3, -0.25) is 4.79 Å². The van der Waals surface area contributed by atoms with Gasteiger partial charge in [-0.2, -0.15) is 4.98 Å². The number of aryl methyl sites for hydroxylation is 2. The minimum Gasteiger partial charge on any atom is -0.481 e. The third-order valence-electron chi connectivity index (χ3n) is 4.29. The van der Waals surface area contributed by atoms with Crippen LogP contribution in [-0.2, 0) is 22.4 Å². The number of carboxylic acids is 1.